The molecule has 2 rings (SSSR count). The average molecular weight is 397 g/mol. The van der Waals surface area contributed by atoms with Crippen LogP contribution in [0.4, 0.5) is 11.4 Å². The number of nitro groups is 1. The Morgan fingerprint density at radius 1 is 1.19 bits per heavy atom. The van der Waals surface area contributed by atoms with Gasteiger partial charge >= 0.3 is 5.97 Å². The number of nitrogens with one attached hydrogen (secondary N) is 1. The Morgan fingerprint density at radius 3 is 2.46 bits per heavy atom. The van der Waals surface area contributed by atoms with Crippen LogP contribution in [-0.4, -0.2) is 23.4 Å². The van der Waals surface area contributed by atoms with Gasteiger partial charge in [0.05, 0.1) is 17.0 Å². The molecule has 0 fully saturated rings. The van der Waals surface area contributed by atoms with Crippen LogP contribution in [0, 0.1) is 17.0 Å². The summed E-state index contributed by atoms with van der Waals surface area (Å²) < 4.78 is 4.91. The van der Waals surface area contributed by atoms with Crippen molar-refractivity contribution in [1.29, 1.82) is 0 Å². The Bertz CT molecular complexity index is 850. The van der Waals surface area contributed by atoms with E-state index in [0.717, 1.165) is 0 Å². The molecule has 0 unspecified atom stereocenters. The van der Waals surface area contributed by atoms with Crippen LogP contribution in [0.3, 0.4) is 0 Å². The minimum Gasteiger partial charge on any atom is -0.455 e. The minimum atomic E-state index is -0.675. The van der Waals surface area contributed by atoms with Gasteiger partial charge in [-0.05, 0) is 24.6 Å². The fraction of sp³-hybridized carbons (Fsp3) is 0.176. The van der Waals surface area contributed by atoms with Crippen LogP contribution in [0.25, 0.3) is 0 Å². The topological polar surface area (TPSA) is 98.5 Å². The highest BCUT2D eigenvalue weighted by Gasteiger charge is 2.15. The first kappa shape index (κ1) is 19.7. The lowest BCUT2D eigenvalue weighted by Crippen LogP contribution is -2.22. The SMILES string of the molecule is Cc1ccc([N+](=O)[O-])cc1NC(=O)COC(=O)Cc1c(Cl)cccc1Cl. The number of hydrogen-bond donors (Lipinski definition) is 1. The highest BCUT2D eigenvalue weighted by atomic mass is 35.5. The van der Waals surface area contributed by atoms with Crippen LogP contribution < -0.4 is 5.32 Å². The molecule has 7 nitrogen and oxygen atoms in total. The number of carbonyl (C=O) groups is 2. The summed E-state index contributed by atoms with van der Waals surface area (Å²) >= 11 is 11.9. The van der Waals surface area contributed by atoms with Crippen molar-refractivity contribution in [3.8, 4) is 0 Å². The third-order valence-corrected chi connectivity index (χ3v) is 4.16. The molecule has 1 N–H and O–H groups in total. The normalized spacial score (nSPS) is 10.3. The van der Waals surface area contributed by atoms with Gasteiger partial charge in [0, 0.05) is 27.7 Å². The van der Waals surface area contributed by atoms with Crippen LogP contribution in [-0.2, 0) is 20.7 Å². The third kappa shape index (κ3) is 5.18. The number of benzene rings is 2. The van der Waals surface area contributed by atoms with Crippen molar-refractivity contribution in [1.82, 2.24) is 0 Å². The lowest BCUT2D eigenvalue weighted by atomic mass is 10.1. The maximum absolute atomic E-state index is 11.9. The fourth-order valence-corrected chi connectivity index (χ4v) is 2.62. The number of aryl methyl sites for hydroxylation is 1. The number of carbonyl (C=O) groups excluding carboxylic acids is 2. The number of anilines is 1. The number of rotatable bonds is 6. The first-order chi connectivity index (χ1) is 12.3. The molecule has 0 aromatic heterocycles. The molecule has 0 saturated carbocycles. The van der Waals surface area contributed by atoms with Crippen LogP contribution in [0.15, 0.2) is 36.4 Å². The minimum absolute atomic E-state index is 0.156. The van der Waals surface area contributed by atoms with Crippen molar-refractivity contribution in [3.05, 3.63) is 67.7 Å². The summed E-state index contributed by atoms with van der Waals surface area (Å²) in [7, 11) is 0. The van der Waals surface area contributed by atoms with Crippen molar-refractivity contribution in [2.24, 2.45) is 0 Å². The number of amides is 1. The summed E-state index contributed by atoms with van der Waals surface area (Å²) in [5, 5.41) is 13.9. The first-order valence-electron chi connectivity index (χ1n) is 7.41. The molecule has 0 saturated heterocycles. The molecule has 0 bridgehead atoms. The molecule has 2 aromatic rings. The molecule has 0 aliphatic rings. The lowest BCUT2D eigenvalue weighted by Gasteiger charge is -2.10. The van der Waals surface area contributed by atoms with E-state index >= 15 is 0 Å². The Labute approximate surface area is 159 Å². The van der Waals surface area contributed by atoms with Gasteiger partial charge in [0.15, 0.2) is 6.61 Å². The predicted octanol–water partition coefficient (Wildman–Crippen LogP) is 3.93. The van der Waals surface area contributed by atoms with Crippen molar-refractivity contribution in [2.45, 2.75) is 13.3 Å². The Balaban J connectivity index is 1.94. The van der Waals surface area contributed by atoms with E-state index in [4.69, 9.17) is 27.9 Å². The van der Waals surface area contributed by atoms with Crippen LogP contribution >= 0.6 is 23.2 Å². The number of halogens is 2. The number of nitrogens with zero attached hydrogens (tertiary/aromatic N) is 1. The predicted molar refractivity (Wildman–Crippen MR) is 97.6 cm³/mol. The fourth-order valence-electron chi connectivity index (χ4n) is 2.09. The monoisotopic (exact) mass is 396 g/mol. The van der Waals surface area contributed by atoms with Gasteiger partial charge in [-0.1, -0.05) is 35.3 Å². The van der Waals surface area contributed by atoms with Gasteiger partial charge in [-0.3, -0.25) is 19.7 Å². The summed E-state index contributed by atoms with van der Waals surface area (Å²) in [6, 6.07) is 8.91. The molecular formula is C17H14Cl2N2O5. The first-order valence-corrected chi connectivity index (χ1v) is 8.17. The number of hydrogen-bond acceptors (Lipinski definition) is 5. The van der Waals surface area contributed by atoms with Gasteiger partial charge in [-0.25, -0.2) is 0 Å². The van der Waals surface area contributed by atoms with E-state index in [-0.39, 0.29) is 17.8 Å². The van der Waals surface area contributed by atoms with Crippen molar-refractivity contribution in [2.75, 3.05) is 11.9 Å². The zero-order valence-electron chi connectivity index (χ0n) is 13.6. The second kappa shape index (κ2) is 8.64. The summed E-state index contributed by atoms with van der Waals surface area (Å²) in [4.78, 5) is 34.0. The molecule has 136 valence electrons. The molecule has 0 aliphatic carbocycles. The van der Waals surface area contributed by atoms with Gasteiger partial charge in [0.1, 0.15) is 0 Å². The number of esters is 1. The molecular weight excluding hydrogens is 383 g/mol. The molecule has 0 aliphatic heterocycles. The van der Waals surface area contributed by atoms with Crippen molar-refractivity contribution in [3.63, 3.8) is 0 Å². The maximum Gasteiger partial charge on any atom is 0.310 e. The van der Waals surface area contributed by atoms with Gasteiger partial charge in [0.2, 0.25) is 0 Å². The Morgan fingerprint density at radius 2 is 1.85 bits per heavy atom. The molecule has 9 heteroatoms. The standard InChI is InChI=1S/C17H14Cl2N2O5/c1-10-5-6-11(21(24)25)7-15(10)20-16(22)9-26-17(23)8-12-13(18)3-2-4-14(12)19/h2-7H,8-9H2,1H3,(H,20,22). The summed E-state index contributed by atoms with van der Waals surface area (Å²) in [5.74, 6) is -1.29. The average Bonchev–Trinajstić information content (AvgIpc) is 2.58. The van der Waals surface area contributed by atoms with Gasteiger partial charge in [-0.15, -0.1) is 0 Å². The van der Waals surface area contributed by atoms with E-state index in [0.29, 0.717) is 21.2 Å². The molecule has 1 amide bonds. The molecule has 0 radical (unpaired) electrons. The van der Waals surface area contributed by atoms with E-state index < -0.39 is 23.4 Å². The van der Waals surface area contributed by atoms with E-state index in [1.165, 1.54) is 18.2 Å². The number of ether oxygens (including phenoxy) is 1. The Kier molecular flexibility index (Phi) is 6.54. The summed E-state index contributed by atoms with van der Waals surface area (Å²) in [6.45, 7) is 1.15. The lowest BCUT2D eigenvalue weighted by molar-refractivity contribution is -0.384. The molecule has 26 heavy (non-hydrogen) atoms. The molecule has 0 atom stereocenters. The van der Waals surface area contributed by atoms with Crippen molar-refractivity contribution >= 4 is 46.5 Å². The zero-order valence-corrected chi connectivity index (χ0v) is 15.1. The van der Waals surface area contributed by atoms with E-state index in [1.807, 2.05) is 0 Å². The Hall–Kier alpha value is -2.64. The van der Waals surface area contributed by atoms with E-state index in [9.17, 15) is 19.7 Å². The van der Waals surface area contributed by atoms with Gasteiger partial charge < -0.3 is 10.1 Å². The van der Waals surface area contributed by atoms with Gasteiger partial charge in [0.25, 0.3) is 11.6 Å². The maximum atomic E-state index is 11.9. The third-order valence-electron chi connectivity index (χ3n) is 3.45. The second-order valence-electron chi connectivity index (χ2n) is 5.34. The highest BCUT2D eigenvalue weighted by Crippen LogP contribution is 2.25. The molecule has 0 heterocycles. The second-order valence-corrected chi connectivity index (χ2v) is 6.16. The van der Waals surface area contributed by atoms with Gasteiger partial charge in [-0.2, -0.15) is 0 Å². The van der Waals surface area contributed by atoms with Crippen LogP contribution in [0.2, 0.25) is 10.0 Å². The van der Waals surface area contributed by atoms with Crippen LogP contribution in [0.1, 0.15) is 11.1 Å². The van der Waals surface area contributed by atoms with Crippen molar-refractivity contribution < 1.29 is 19.2 Å². The zero-order chi connectivity index (χ0) is 19.3. The largest absolute Gasteiger partial charge is 0.455 e. The highest BCUT2D eigenvalue weighted by molar-refractivity contribution is 6.36. The number of non-ortho nitro benzene ring substituents is 1. The van der Waals surface area contributed by atoms with Crippen LogP contribution in [0.5, 0.6) is 0 Å². The number of nitro benzene ring substituents is 1. The summed E-state index contributed by atoms with van der Waals surface area (Å²) in [6.07, 6.45) is -0.179. The molecule has 2 aromatic carbocycles. The van der Waals surface area contributed by atoms with E-state index in [2.05, 4.69) is 5.32 Å². The van der Waals surface area contributed by atoms with E-state index in [1.54, 1.807) is 25.1 Å². The quantitative estimate of drug-likeness (QED) is 0.452. The summed E-state index contributed by atoms with van der Waals surface area (Å²) in [5.41, 5.74) is 1.17. The molecule has 0 spiro atoms. The smallest absolute Gasteiger partial charge is 0.310 e.